The molecular weight excluding hydrogens is 172 g/mol. The third-order valence-corrected chi connectivity index (χ3v) is 1.50. The van der Waals surface area contributed by atoms with E-state index in [2.05, 4.69) is 0 Å². The molecule has 1 N–H and O–H groups in total. The number of aliphatic hydroxyl groups is 1. The number of aliphatic hydroxyl groups excluding tert-OH is 1. The van der Waals surface area contributed by atoms with Crippen molar-refractivity contribution in [1.82, 2.24) is 0 Å². The van der Waals surface area contributed by atoms with Crippen molar-refractivity contribution in [3.05, 3.63) is 34.3 Å². The highest BCUT2D eigenvalue weighted by atomic mass is 35.5. The fourth-order valence-electron chi connectivity index (χ4n) is 0.903. The van der Waals surface area contributed by atoms with Crippen LogP contribution >= 0.6 is 11.6 Å². The van der Waals surface area contributed by atoms with Gasteiger partial charge in [-0.05, 0) is 30.2 Å². The van der Waals surface area contributed by atoms with E-state index in [1.54, 1.807) is 6.07 Å². The Morgan fingerprint density at radius 3 is 2.25 bits per heavy atom. The molecule has 0 radical (unpaired) electrons. The first-order valence-corrected chi connectivity index (χ1v) is 4.47. The molecule has 0 bridgehead atoms. The molecule has 1 rings (SSSR count). The van der Waals surface area contributed by atoms with Crippen LogP contribution in [-0.2, 0) is 6.61 Å². The normalized spacial score (nSPS) is 8.75. The average molecular weight is 187 g/mol. The number of benzene rings is 1. The monoisotopic (exact) mass is 186 g/mol. The summed E-state index contributed by atoms with van der Waals surface area (Å²) in [7, 11) is 0. The minimum absolute atomic E-state index is 0.0569. The van der Waals surface area contributed by atoms with E-state index in [1.807, 2.05) is 32.9 Å². The molecule has 0 saturated carbocycles. The van der Waals surface area contributed by atoms with Crippen molar-refractivity contribution in [2.24, 2.45) is 0 Å². The third-order valence-electron chi connectivity index (χ3n) is 1.28. The average Bonchev–Trinajstić information content (AvgIpc) is 2.06. The quantitative estimate of drug-likeness (QED) is 0.715. The van der Waals surface area contributed by atoms with E-state index in [0.29, 0.717) is 5.02 Å². The van der Waals surface area contributed by atoms with Gasteiger partial charge in [0.25, 0.3) is 0 Å². The molecule has 2 heteroatoms. The van der Waals surface area contributed by atoms with Gasteiger partial charge < -0.3 is 5.11 Å². The first-order chi connectivity index (χ1) is 5.72. The molecule has 1 nitrogen and oxygen atoms in total. The lowest BCUT2D eigenvalue weighted by atomic mass is 10.1. The van der Waals surface area contributed by atoms with Crippen LogP contribution < -0.4 is 0 Å². The molecule has 0 aliphatic rings. The summed E-state index contributed by atoms with van der Waals surface area (Å²) in [4.78, 5) is 0. The Bertz CT molecular complexity index is 213. The Labute approximate surface area is 79.0 Å². The molecular formula is C10H15ClO. The molecule has 0 saturated heterocycles. The van der Waals surface area contributed by atoms with Crippen LogP contribution in [0, 0.1) is 6.92 Å². The highest BCUT2D eigenvalue weighted by Gasteiger charge is 1.93. The second-order valence-corrected chi connectivity index (χ2v) is 2.73. The van der Waals surface area contributed by atoms with E-state index >= 15 is 0 Å². The second kappa shape index (κ2) is 6.04. The van der Waals surface area contributed by atoms with Crippen molar-refractivity contribution in [3.63, 3.8) is 0 Å². The fraction of sp³-hybridized carbons (Fsp3) is 0.400. The second-order valence-electron chi connectivity index (χ2n) is 2.29. The van der Waals surface area contributed by atoms with E-state index < -0.39 is 0 Å². The molecule has 0 amide bonds. The van der Waals surface area contributed by atoms with Crippen LogP contribution in [0.4, 0.5) is 0 Å². The molecule has 68 valence electrons. The molecule has 0 aliphatic heterocycles. The number of hydrogen-bond donors (Lipinski definition) is 1. The first kappa shape index (κ1) is 11.5. The lowest BCUT2D eigenvalue weighted by Gasteiger charge is -1.98. The van der Waals surface area contributed by atoms with Gasteiger partial charge in [-0.1, -0.05) is 31.5 Å². The maximum Gasteiger partial charge on any atom is 0.0682 e. The van der Waals surface area contributed by atoms with Crippen LogP contribution in [0.15, 0.2) is 18.2 Å². The van der Waals surface area contributed by atoms with Gasteiger partial charge >= 0.3 is 0 Å². The Balaban J connectivity index is 0.000000561. The number of aryl methyl sites for hydroxylation is 1. The standard InChI is InChI=1S/C8H9ClO.C2H6/c1-6-2-7(5-10)4-8(9)3-6;1-2/h2-4,10H,5H2,1H3;1-2H3. The van der Waals surface area contributed by atoms with Gasteiger partial charge in [0.2, 0.25) is 0 Å². The van der Waals surface area contributed by atoms with E-state index in [9.17, 15) is 0 Å². The van der Waals surface area contributed by atoms with Crippen molar-refractivity contribution in [2.45, 2.75) is 27.4 Å². The minimum atomic E-state index is 0.0569. The van der Waals surface area contributed by atoms with Gasteiger partial charge in [0.1, 0.15) is 0 Å². The summed E-state index contributed by atoms with van der Waals surface area (Å²) < 4.78 is 0. The zero-order valence-electron chi connectivity index (χ0n) is 7.76. The third kappa shape index (κ3) is 3.74. The Morgan fingerprint density at radius 1 is 1.25 bits per heavy atom. The van der Waals surface area contributed by atoms with Crippen LogP contribution in [0.1, 0.15) is 25.0 Å². The van der Waals surface area contributed by atoms with E-state index in [0.717, 1.165) is 11.1 Å². The summed E-state index contributed by atoms with van der Waals surface area (Å²) in [6.07, 6.45) is 0. The highest BCUT2D eigenvalue weighted by molar-refractivity contribution is 6.30. The van der Waals surface area contributed by atoms with Crippen molar-refractivity contribution in [2.75, 3.05) is 0 Å². The molecule has 1 aromatic rings. The molecule has 0 spiro atoms. The van der Waals surface area contributed by atoms with E-state index in [4.69, 9.17) is 16.7 Å². The van der Waals surface area contributed by atoms with Crippen LogP contribution in [0.3, 0.4) is 0 Å². The molecule has 0 fully saturated rings. The van der Waals surface area contributed by atoms with Crippen LogP contribution in [0.25, 0.3) is 0 Å². The van der Waals surface area contributed by atoms with Crippen molar-refractivity contribution in [3.8, 4) is 0 Å². The van der Waals surface area contributed by atoms with Crippen molar-refractivity contribution >= 4 is 11.6 Å². The fourth-order valence-corrected chi connectivity index (χ4v) is 1.22. The van der Waals surface area contributed by atoms with Gasteiger partial charge in [0.05, 0.1) is 6.61 Å². The molecule has 0 aliphatic carbocycles. The SMILES string of the molecule is CC.Cc1cc(Cl)cc(CO)c1. The van der Waals surface area contributed by atoms with Gasteiger partial charge in [-0.2, -0.15) is 0 Å². The smallest absolute Gasteiger partial charge is 0.0682 e. The Hall–Kier alpha value is -0.530. The topological polar surface area (TPSA) is 20.2 Å². The van der Waals surface area contributed by atoms with Gasteiger partial charge in [-0.15, -0.1) is 0 Å². The summed E-state index contributed by atoms with van der Waals surface area (Å²) in [5.41, 5.74) is 1.95. The lowest BCUT2D eigenvalue weighted by molar-refractivity contribution is 0.282. The Morgan fingerprint density at radius 2 is 1.83 bits per heavy atom. The predicted molar refractivity (Wildman–Crippen MR) is 53.5 cm³/mol. The van der Waals surface area contributed by atoms with Crippen molar-refractivity contribution in [1.29, 1.82) is 0 Å². The zero-order chi connectivity index (χ0) is 9.56. The first-order valence-electron chi connectivity index (χ1n) is 4.09. The van der Waals surface area contributed by atoms with E-state index in [1.165, 1.54) is 0 Å². The maximum absolute atomic E-state index is 8.73. The highest BCUT2D eigenvalue weighted by Crippen LogP contribution is 2.13. The number of hydrogen-bond acceptors (Lipinski definition) is 1. The zero-order valence-corrected chi connectivity index (χ0v) is 8.52. The molecule has 1 aromatic carbocycles. The van der Waals surface area contributed by atoms with Crippen molar-refractivity contribution < 1.29 is 5.11 Å². The molecule has 0 aromatic heterocycles. The largest absolute Gasteiger partial charge is 0.392 e. The van der Waals surface area contributed by atoms with Gasteiger partial charge in [-0.3, -0.25) is 0 Å². The maximum atomic E-state index is 8.73. The molecule has 0 unspecified atom stereocenters. The number of rotatable bonds is 1. The summed E-state index contributed by atoms with van der Waals surface area (Å²) in [5, 5.41) is 9.41. The van der Waals surface area contributed by atoms with Gasteiger partial charge in [0, 0.05) is 5.02 Å². The summed E-state index contributed by atoms with van der Waals surface area (Å²) in [6, 6.07) is 5.53. The van der Waals surface area contributed by atoms with Gasteiger partial charge in [0.15, 0.2) is 0 Å². The molecule has 12 heavy (non-hydrogen) atoms. The summed E-state index contributed by atoms with van der Waals surface area (Å²) in [5.74, 6) is 0. The van der Waals surface area contributed by atoms with Gasteiger partial charge in [-0.25, -0.2) is 0 Å². The molecule has 0 heterocycles. The summed E-state index contributed by atoms with van der Waals surface area (Å²) >= 11 is 5.72. The molecule has 0 atom stereocenters. The minimum Gasteiger partial charge on any atom is -0.392 e. The number of halogens is 1. The summed E-state index contributed by atoms with van der Waals surface area (Å²) in [6.45, 7) is 6.01. The lowest BCUT2D eigenvalue weighted by Crippen LogP contribution is -1.83. The van der Waals surface area contributed by atoms with Crippen LogP contribution in [0.5, 0.6) is 0 Å². The predicted octanol–water partition coefficient (Wildman–Crippen LogP) is 3.17. The van der Waals surface area contributed by atoms with Crippen LogP contribution in [0.2, 0.25) is 5.02 Å². The van der Waals surface area contributed by atoms with E-state index in [-0.39, 0.29) is 6.61 Å². The Kier molecular flexibility index (Phi) is 5.77. The van der Waals surface area contributed by atoms with Crippen LogP contribution in [-0.4, -0.2) is 5.11 Å².